The number of pyridine rings is 1. The van der Waals surface area contributed by atoms with Crippen LogP contribution in [0.1, 0.15) is 40.0 Å². The number of nitrogens with zero attached hydrogens (tertiary/aromatic N) is 5. The summed E-state index contributed by atoms with van der Waals surface area (Å²) < 4.78 is 109. The molecule has 0 amide bonds. The molecule has 0 atom stereocenters. The zero-order valence-corrected chi connectivity index (χ0v) is 47.0. The van der Waals surface area contributed by atoms with Crippen molar-refractivity contribution in [2.24, 2.45) is 0 Å². The van der Waals surface area contributed by atoms with E-state index in [1.807, 2.05) is 54.7 Å². The maximum absolute atomic E-state index is 9.12. The topological polar surface area (TPSA) is 50.0 Å². The molecule has 7 nitrogen and oxygen atoms in total. The Balaban J connectivity index is 0.00000686. The molecule has 0 spiro atoms. The van der Waals surface area contributed by atoms with Gasteiger partial charge in [0.05, 0.1) is 41.5 Å². The van der Waals surface area contributed by atoms with Crippen LogP contribution in [0.15, 0.2) is 236 Å². The third-order valence-electron chi connectivity index (χ3n) is 16.3. The average Bonchev–Trinajstić information content (AvgIpc) is 1.59. The second-order valence-corrected chi connectivity index (χ2v) is 21.9. The molecule has 2 aliphatic heterocycles. The van der Waals surface area contributed by atoms with Crippen molar-refractivity contribution in [2.45, 2.75) is 26.2 Å². The van der Waals surface area contributed by atoms with E-state index in [1.54, 1.807) is 33.4 Å². The number of benzene rings is 11. The maximum Gasteiger partial charge on any atom is 0.268 e. The van der Waals surface area contributed by atoms with Crippen molar-refractivity contribution in [1.82, 2.24) is 18.7 Å². The number of hydrogen-bond donors (Lipinski definition) is 0. The SMILES string of the molecule is [2H]c1c([2H])c([2H])c(-c2cccc(-c3c([2H])c([2H])c([2H])c([2H])c3[2H])c2-[n+]2[c-]n(-c3[c-]c(Oc4[c-]c5c(cc4)c4cc(-n6c7cccc8c7c7c9c%10c(ccc9ccc76)Oc6ccccc6B%108)ccc4n5-c4cc(C(C)(C)C)ccn4)ccc3)c3ccccc32)c([2H])c1[2H].[Pt]. The average molecular weight is 1260 g/mol. The molecule has 2 aliphatic rings. The summed E-state index contributed by atoms with van der Waals surface area (Å²) in [7, 11) is 0. The minimum absolute atomic E-state index is 0. The molecule has 6 heterocycles. The van der Waals surface area contributed by atoms with Gasteiger partial charge in [-0.3, -0.25) is 4.57 Å². The van der Waals surface area contributed by atoms with Gasteiger partial charge < -0.3 is 23.2 Å². The summed E-state index contributed by atoms with van der Waals surface area (Å²) in [5.41, 5.74) is 11.2. The largest absolute Gasteiger partial charge is 0.510 e. The Morgan fingerprint density at radius 2 is 1.28 bits per heavy atom. The number of hydrogen-bond acceptors (Lipinski definition) is 3. The van der Waals surface area contributed by atoms with Gasteiger partial charge in [-0.2, -0.15) is 18.2 Å². The van der Waals surface area contributed by atoms with Crippen LogP contribution in [-0.4, -0.2) is 25.4 Å². The summed E-state index contributed by atoms with van der Waals surface area (Å²) in [4.78, 5) is 5.02. The number of imidazole rings is 1. The Hall–Kier alpha value is -9.75. The van der Waals surface area contributed by atoms with Crippen molar-refractivity contribution < 1.29 is 48.8 Å². The predicted molar refractivity (Wildman–Crippen MR) is 333 cm³/mol. The van der Waals surface area contributed by atoms with E-state index in [-0.39, 0.29) is 61.1 Å². The Morgan fingerprint density at radius 3 is 2.10 bits per heavy atom. The quantitative estimate of drug-likeness (QED) is 0.0865. The molecule has 0 saturated carbocycles. The predicted octanol–water partition coefficient (Wildman–Crippen LogP) is 15.4. The van der Waals surface area contributed by atoms with E-state index in [2.05, 4.69) is 145 Å². The molecule has 4 aromatic heterocycles. The number of ether oxygens (including phenoxy) is 2. The molecule has 0 aliphatic carbocycles. The zero-order valence-electron chi connectivity index (χ0n) is 54.7. The van der Waals surface area contributed by atoms with E-state index in [1.165, 1.54) is 32.5 Å². The summed E-state index contributed by atoms with van der Waals surface area (Å²) in [5, 5.41) is 6.77. The summed E-state index contributed by atoms with van der Waals surface area (Å²) in [6.07, 6.45) is 5.30. The summed E-state index contributed by atoms with van der Waals surface area (Å²) in [6.45, 7) is 6.57. The number of para-hydroxylation sites is 4. The van der Waals surface area contributed by atoms with Crippen molar-refractivity contribution in [1.29, 1.82) is 0 Å². The molecule has 83 heavy (non-hydrogen) atoms. The molecule has 0 saturated heterocycles. The van der Waals surface area contributed by atoms with Crippen LogP contribution in [-0.2, 0) is 26.5 Å². The normalized spacial score (nSPS) is 14.2. The van der Waals surface area contributed by atoms with Gasteiger partial charge in [-0.1, -0.05) is 177 Å². The second kappa shape index (κ2) is 18.6. The van der Waals surface area contributed by atoms with Gasteiger partial charge in [0, 0.05) is 60.7 Å². The summed E-state index contributed by atoms with van der Waals surface area (Å²) >= 11 is 0. The van der Waals surface area contributed by atoms with Crippen molar-refractivity contribution >= 4 is 88.5 Å². The van der Waals surface area contributed by atoms with Gasteiger partial charge in [0.15, 0.2) is 0 Å². The van der Waals surface area contributed by atoms with Gasteiger partial charge in [-0.05, 0) is 121 Å². The fourth-order valence-electron chi connectivity index (χ4n) is 12.8. The number of rotatable bonds is 8. The van der Waals surface area contributed by atoms with Crippen molar-refractivity contribution in [3.8, 4) is 68.1 Å². The first-order valence-corrected chi connectivity index (χ1v) is 27.2. The van der Waals surface area contributed by atoms with E-state index >= 15 is 0 Å². The Bertz CT molecular complexity index is 5670. The smallest absolute Gasteiger partial charge is 0.268 e. The van der Waals surface area contributed by atoms with E-state index in [9.17, 15) is 0 Å². The second-order valence-electron chi connectivity index (χ2n) is 21.9. The van der Waals surface area contributed by atoms with Gasteiger partial charge in [0.25, 0.3) is 13.0 Å². The number of aromatic nitrogens is 5. The molecule has 0 N–H and O–H groups in total. The van der Waals surface area contributed by atoms with Crippen LogP contribution in [0.3, 0.4) is 0 Å². The van der Waals surface area contributed by atoms with Crippen LogP contribution in [0, 0.1) is 18.5 Å². The zero-order chi connectivity index (χ0) is 63.1. The van der Waals surface area contributed by atoms with Gasteiger partial charge in [-0.15, -0.1) is 29.7 Å². The van der Waals surface area contributed by atoms with Crippen LogP contribution in [0.2, 0.25) is 0 Å². The van der Waals surface area contributed by atoms with E-state index < -0.39 is 60.4 Å². The molecule has 396 valence electrons. The maximum atomic E-state index is 9.12. The Kier molecular flexibility index (Phi) is 8.90. The molecule has 11 aromatic carbocycles. The van der Waals surface area contributed by atoms with Gasteiger partial charge in [0.2, 0.25) is 0 Å². The molecule has 15 aromatic rings. The standard InChI is InChI=1S/C74H48BN5O2.Pt/c1-74(2,3)49-39-40-76-68(41-49)80-60-37-33-51(79-63-29-16-26-59-70(63)71-64(79)36-31-48-32-38-67-72(69(48)71)75(59)58-25-10-13-30-66(58)82-67)43-57(60)56-35-34-53(44-65(56)80)81-52-22-14-21-50(42-52)77-45-78(62-28-12-11-27-61(62)77)73-54(46-17-6-4-7-18-46)23-15-24-55(73)47-19-8-5-9-20-47;/h4-41,43H,1-3H3;/q-2;/i4D,5D,6D,7D,8D,9D,17D,18D,19D,20D;. The summed E-state index contributed by atoms with van der Waals surface area (Å²) in [6, 6.07) is 58.0. The van der Waals surface area contributed by atoms with Gasteiger partial charge in [0.1, 0.15) is 17.3 Å². The third kappa shape index (κ3) is 7.49. The molecular formula is C74H48BN5O2Pt-2. The Morgan fingerprint density at radius 1 is 0.578 bits per heavy atom. The van der Waals surface area contributed by atoms with Crippen LogP contribution in [0.5, 0.6) is 23.0 Å². The minimum atomic E-state index is -0.578. The fraction of sp³-hybridized carbons (Fsp3) is 0.0541. The molecular weight excluding hydrogens is 1200 g/mol. The fourth-order valence-corrected chi connectivity index (χ4v) is 12.8. The van der Waals surface area contributed by atoms with Crippen LogP contribution in [0.25, 0.3) is 111 Å². The van der Waals surface area contributed by atoms with Crippen LogP contribution < -0.4 is 30.4 Å². The molecule has 0 fully saturated rings. The van der Waals surface area contributed by atoms with Gasteiger partial charge in [-0.25, -0.2) is 4.98 Å². The van der Waals surface area contributed by atoms with Crippen LogP contribution >= 0.6 is 0 Å². The van der Waals surface area contributed by atoms with Crippen LogP contribution in [0.4, 0.5) is 0 Å². The molecule has 0 bridgehead atoms. The molecule has 9 heteroatoms. The number of fused-ring (bicyclic) bond motifs is 7. The van der Waals surface area contributed by atoms with Crippen molar-refractivity contribution in [2.75, 3.05) is 0 Å². The Labute approximate surface area is 508 Å². The molecule has 0 unspecified atom stereocenters. The first-order chi connectivity index (χ1) is 44.4. The first kappa shape index (κ1) is 39.6. The van der Waals surface area contributed by atoms with Gasteiger partial charge >= 0.3 is 0 Å². The third-order valence-corrected chi connectivity index (χ3v) is 16.3. The van der Waals surface area contributed by atoms with E-state index in [4.69, 9.17) is 28.2 Å². The van der Waals surface area contributed by atoms with Crippen molar-refractivity contribution in [3.63, 3.8) is 0 Å². The molecule has 0 radical (unpaired) electrons. The minimum Gasteiger partial charge on any atom is -0.510 e. The molecule has 17 rings (SSSR count). The summed E-state index contributed by atoms with van der Waals surface area (Å²) in [5.74, 6) is 3.23. The van der Waals surface area contributed by atoms with E-state index in [0.29, 0.717) is 28.2 Å². The van der Waals surface area contributed by atoms with Crippen molar-refractivity contribution in [3.05, 3.63) is 261 Å². The first-order valence-electron chi connectivity index (χ1n) is 32.2. The van der Waals surface area contributed by atoms with E-state index in [0.717, 1.165) is 66.9 Å². The monoisotopic (exact) mass is 1250 g/mol.